The van der Waals surface area contributed by atoms with Crippen molar-refractivity contribution in [2.75, 3.05) is 0 Å². The normalized spacial score (nSPS) is 11.4. The van der Waals surface area contributed by atoms with E-state index in [2.05, 4.69) is 10.5 Å². The minimum absolute atomic E-state index is 0.137. The summed E-state index contributed by atoms with van der Waals surface area (Å²) in [6.45, 7) is 1.74. The molecule has 0 atom stereocenters. The van der Waals surface area contributed by atoms with Crippen molar-refractivity contribution in [1.82, 2.24) is 5.43 Å². The molecule has 0 spiro atoms. The quantitative estimate of drug-likeness (QED) is 0.522. The van der Waals surface area contributed by atoms with E-state index in [1.165, 1.54) is 24.3 Å². The summed E-state index contributed by atoms with van der Waals surface area (Å²) < 4.78 is 0. The number of non-ortho nitro benzene ring substituents is 1. The second-order valence-electron chi connectivity index (χ2n) is 4.75. The monoisotopic (exact) mass is 309 g/mol. The summed E-state index contributed by atoms with van der Waals surface area (Å²) in [7, 11) is 0. The maximum Gasteiger partial charge on any atom is 0.271 e. The van der Waals surface area contributed by atoms with Crippen LogP contribution in [0.25, 0.3) is 6.08 Å². The van der Waals surface area contributed by atoms with E-state index in [1.807, 2.05) is 36.4 Å². The number of nitrogens with zero attached hydrogens (tertiary/aromatic N) is 2. The predicted octanol–water partition coefficient (Wildman–Crippen LogP) is 3.41. The van der Waals surface area contributed by atoms with Crippen LogP contribution in [0.2, 0.25) is 0 Å². The number of benzene rings is 2. The Morgan fingerprint density at radius 1 is 1.17 bits per heavy atom. The SMILES string of the molecule is CC(C=Cc1ccccc1)=NNC(=O)c1cccc([N+](=O)[O-])c1. The van der Waals surface area contributed by atoms with Crippen molar-refractivity contribution >= 4 is 23.4 Å². The molecule has 2 aromatic rings. The number of nitro groups is 1. The maximum absolute atomic E-state index is 11.9. The highest BCUT2D eigenvalue weighted by atomic mass is 16.6. The fourth-order valence-electron chi connectivity index (χ4n) is 1.78. The molecular formula is C17H15N3O3. The van der Waals surface area contributed by atoms with Crippen LogP contribution in [-0.4, -0.2) is 16.5 Å². The summed E-state index contributed by atoms with van der Waals surface area (Å²) in [5, 5.41) is 14.6. The molecule has 6 nitrogen and oxygen atoms in total. The zero-order valence-corrected chi connectivity index (χ0v) is 12.5. The van der Waals surface area contributed by atoms with E-state index in [1.54, 1.807) is 13.0 Å². The molecule has 23 heavy (non-hydrogen) atoms. The van der Waals surface area contributed by atoms with E-state index < -0.39 is 10.8 Å². The topological polar surface area (TPSA) is 84.6 Å². The van der Waals surface area contributed by atoms with Gasteiger partial charge in [-0.05, 0) is 24.6 Å². The van der Waals surface area contributed by atoms with E-state index >= 15 is 0 Å². The van der Waals surface area contributed by atoms with Gasteiger partial charge in [0, 0.05) is 17.7 Å². The average molecular weight is 309 g/mol. The van der Waals surface area contributed by atoms with Crippen LogP contribution in [0.3, 0.4) is 0 Å². The molecule has 1 amide bonds. The van der Waals surface area contributed by atoms with Crippen LogP contribution in [0.4, 0.5) is 5.69 Å². The standard InChI is InChI=1S/C17H15N3O3/c1-13(10-11-14-6-3-2-4-7-14)18-19-17(21)15-8-5-9-16(12-15)20(22)23/h2-12H,1H3,(H,19,21). The van der Waals surface area contributed by atoms with Crippen LogP contribution in [0.1, 0.15) is 22.8 Å². The van der Waals surface area contributed by atoms with E-state index in [9.17, 15) is 14.9 Å². The summed E-state index contributed by atoms with van der Waals surface area (Å²) in [6, 6.07) is 15.2. The van der Waals surface area contributed by atoms with Crippen LogP contribution < -0.4 is 5.43 Å². The van der Waals surface area contributed by atoms with Crippen molar-refractivity contribution in [1.29, 1.82) is 0 Å². The van der Waals surface area contributed by atoms with Crippen LogP contribution in [0.15, 0.2) is 65.8 Å². The maximum atomic E-state index is 11.9. The second-order valence-corrected chi connectivity index (χ2v) is 4.75. The molecule has 2 rings (SSSR count). The molecule has 0 radical (unpaired) electrons. The molecule has 0 aromatic heterocycles. The molecule has 0 aliphatic carbocycles. The lowest BCUT2D eigenvalue weighted by molar-refractivity contribution is -0.384. The number of nitrogens with one attached hydrogen (secondary N) is 1. The van der Waals surface area contributed by atoms with Gasteiger partial charge in [-0.3, -0.25) is 14.9 Å². The molecule has 0 aliphatic rings. The Kier molecular flexibility index (Phi) is 5.35. The van der Waals surface area contributed by atoms with Gasteiger partial charge in [-0.15, -0.1) is 0 Å². The minimum atomic E-state index is -0.548. The largest absolute Gasteiger partial charge is 0.271 e. The highest BCUT2D eigenvalue weighted by molar-refractivity contribution is 5.99. The van der Waals surface area contributed by atoms with Crippen molar-refractivity contribution in [3.63, 3.8) is 0 Å². The molecule has 0 aliphatic heterocycles. The third-order valence-electron chi connectivity index (χ3n) is 2.97. The van der Waals surface area contributed by atoms with E-state index in [0.29, 0.717) is 5.71 Å². The Bertz CT molecular complexity index is 768. The number of carbonyl (C=O) groups excluding carboxylic acids is 1. The first-order valence-corrected chi connectivity index (χ1v) is 6.88. The number of hydrogen-bond donors (Lipinski definition) is 1. The third-order valence-corrected chi connectivity index (χ3v) is 2.97. The number of amides is 1. The lowest BCUT2D eigenvalue weighted by Gasteiger charge is -2.00. The first-order chi connectivity index (χ1) is 11.1. The fraction of sp³-hybridized carbons (Fsp3) is 0.0588. The molecule has 6 heteroatoms. The van der Waals surface area contributed by atoms with Crippen LogP contribution in [0, 0.1) is 10.1 Å². The smallest absolute Gasteiger partial charge is 0.267 e. The fourth-order valence-corrected chi connectivity index (χ4v) is 1.78. The first kappa shape index (κ1) is 16.1. The summed E-state index contributed by atoms with van der Waals surface area (Å²) in [5.74, 6) is -0.499. The number of carbonyl (C=O) groups is 1. The average Bonchev–Trinajstić information content (AvgIpc) is 2.58. The van der Waals surface area contributed by atoms with Crippen LogP contribution in [-0.2, 0) is 0 Å². The first-order valence-electron chi connectivity index (χ1n) is 6.88. The van der Waals surface area contributed by atoms with Crippen molar-refractivity contribution in [2.45, 2.75) is 6.92 Å². The van der Waals surface area contributed by atoms with Gasteiger partial charge in [0.2, 0.25) is 0 Å². The zero-order chi connectivity index (χ0) is 16.7. The summed E-state index contributed by atoms with van der Waals surface area (Å²) in [4.78, 5) is 22.1. The Morgan fingerprint density at radius 2 is 1.91 bits per heavy atom. The Labute approximate surface area is 133 Å². The molecule has 0 saturated carbocycles. The highest BCUT2D eigenvalue weighted by Crippen LogP contribution is 2.12. The summed E-state index contributed by atoms with van der Waals surface area (Å²) in [5.41, 5.74) is 4.05. The van der Waals surface area contributed by atoms with Gasteiger partial charge in [0.15, 0.2) is 0 Å². The number of allylic oxidation sites excluding steroid dienone is 1. The summed E-state index contributed by atoms with van der Waals surface area (Å²) in [6.07, 6.45) is 3.64. The molecule has 0 bridgehead atoms. The zero-order valence-electron chi connectivity index (χ0n) is 12.5. The highest BCUT2D eigenvalue weighted by Gasteiger charge is 2.10. The van der Waals surface area contributed by atoms with Gasteiger partial charge in [0.1, 0.15) is 0 Å². The van der Waals surface area contributed by atoms with E-state index in [-0.39, 0.29) is 11.3 Å². The van der Waals surface area contributed by atoms with Gasteiger partial charge in [-0.25, -0.2) is 5.43 Å². The van der Waals surface area contributed by atoms with Crippen molar-refractivity contribution in [3.8, 4) is 0 Å². The van der Waals surface area contributed by atoms with Crippen LogP contribution >= 0.6 is 0 Å². The predicted molar refractivity (Wildman–Crippen MR) is 89.1 cm³/mol. The van der Waals surface area contributed by atoms with Gasteiger partial charge < -0.3 is 0 Å². The Hall–Kier alpha value is -3.28. The van der Waals surface area contributed by atoms with Gasteiger partial charge in [-0.2, -0.15) is 5.10 Å². The number of hydrogen-bond acceptors (Lipinski definition) is 4. The molecule has 1 N–H and O–H groups in total. The lowest BCUT2D eigenvalue weighted by Crippen LogP contribution is -2.18. The molecule has 0 unspecified atom stereocenters. The molecule has 0 fully saturated rings. The Balaban J connectivity index is 2.01. The van der Waals surface area contributed by atoms with Gasteiger partial charge in [-0.1, -0.05) is 42.5 Å². The second kappa shape index (κ2) is 7.65. The van der Waals surface area contributed by atoms with Crippen LogP contribution in [0.5, 0.6) is 0 Å². The molecule has 2 aromatic carbocycles. The number of rotatable bonds is 5. The summed E-state index contributed by atoms with van der Waals surface area (Å²) >= 11 is 0. The minimum Gasteiger partial charge on any atom is -0.267 e. The number of nitro benzene ring substituents is 1. The van der Waals surface area contributed by atoms with Gasteiger partial charge in [0.05, 0.1) is 10.6 Å². The van der Waals surface area contributed by atoms with Crippen molar-refractivity contribution < 1.29 is 9.72 Å². The third kappa shape index (κ3) is 4.89. The van der Waals surface area contributed by atoms with Gasteiger partial charge in [0.25, 0.3) is 11.6 Å². The molecular weight excluding hydrogens is 294 g/mol. The van der Waals surface area contributed by atoms with E-state index in [0.717, 1.165) is 5.56 Å². The van der Waals surface area contributed by atoms with Crippen molar-refractivity contribution in [2.24, 2.45) is 5.10 Å². The molecule has 0 heterocycles. The molecule has 116 valence electrons. The molecule has 0 saturated heterocycles. The lowest BCUT2D eigenvalue weighted by atomic mass is 10.2. The number of hydrazone groups is 1. The van der Waals surface area contributed by atoms with Crippen molar-refractivity contribution in [3.05, 3.63) is 81.9 Å². The van der Waals surface area contributed by atoms with E-state index in [4.69, 9.17) is 0 Å². The van der Waals surface area contributed by atoms with Gasteiger partial charge >= 0.3 is 0 Å². The Morgan fingerprint density at radius 3 is 2.61 bits per heavy atom.